The van der Waals surface area contributed by atoms with Crippen LogP contribution in [0, 0.1) is 0 Å². The fourth-order valence-corrected chi connectivity index (χ4v) is 3.49. The Labute approximate surface area is 117 Å². The van der Waals surface area contributed by atoms with Gasteiger partial charge in [0.15, 0.2) is 0 Å². The Balaban J connectivity index is 2.58. The fourth-order valence-electron chi connectivity index (χ4n) is 1.63. The molecule has 1 aromatic rings. The third kappa shape index (κ3) is 3.93. The van der Waals surface area contributed by atoms with E-state index in [0.29, 0.717) is 0 Å². The number of hydrogen-bond donors (Lipinski definition) is 2. The van der Waals surface area contributed by atoms with Gasteiger partial charge in [0.2, 0.25) is 0 Å². The fraction of sp³-hybridized carbons (Fsp3) is 0.583. The van der Waals surface area contributed by atoms with Gasteiger partial charge in [0.25, 0.3) is 5.91 Å². The summed E-state index contributed by atoms with van der Waals surface area (Å²) in [6.07, 6.45) is 4.23. The van der Waals surface area contributed by atoms with E-state index in [1.165, 1.54) is 11.3 Å². The molecule has 1 aromatic heterocycles. The standard InChI is InChI=1S/C12H19NOS3/c1-4-12(5-2,16-3)8-13-11(14)10-6-9(15)7-17-10/h6-7,15H,4-5,8H2,1-3H3,(H,13,14). The summed E-state index contributed by atoms with van der Waals surface area (Å²) in [5.74, 6) is 0.00984. The average molecular weight is 289 g/mol. The summed E-state index contributed by atoms with van der Waals surface area (Å²) >= 11 is 7.48. The van der Waals surface area contributed by atoms with Crippen LogP contribution in [-0.2, 0) is 0 Å². The Morgan fingerprint density at radius 2 is 2.18 bits per heavy atom. The SMILES string of the molecule is CCC(CC)(CNC(=O)c1cc(S)cs1)SC. The Kier molecular flexibility index (Phi) is 5.89. The third-order valence-corrected chi connectivity index (χ3v) is 6.05. The third-order valence-electron chi connectivity index (χ3n) is 3.10. The van der Waals surface area contributed by atoms with Crippen LogP contribution in [0.15, 0.2) is 16.3 Å². The number of rotatable bonds is 6. The van der Waals surface area contributed by atoms with Crippen LogP contribution in [0.1, 0.15) is 36.4 Å². The minimum Gasteiger partial charge on any atom is -0.350 e. The molecule has 17 heavy (non-hydrogen) atoms. The van der Waals surface area contributed by atoms with Gasteiger partial charge < -0.3 is 5.32 Å². The predicted molar refractivity (Wildman–Crippen MR) is 80.7 cm³/mol. The van der Waals surface area contributed by atoms with Gasteiger partial charge >= 0.3 is 0 Å². The summed E-state index contributed by atoms with van der Waals surface area (Å²) in [5.41, 5.74) is 0. The maximum absolute atomic E-state index is 11.9. The van der Waals surface area contributed by atoms with Gasteiger partial charge in [0.1, 0.15) is 0 Å². The maximum atomic E-state index is 11.9. The van der Waals surface area contributed by atoms with Gasteiger partial charge in [-0.2, -0.15) is 11.8 Å². The van der Waals surface area contributed by atoms with Crippen LogP contribution in [0.25, 0.3) is 0 Å². The van der Waals surface area contributed by atoms with Gasteiger partial charge in [0, 0.05) is 21.6 Å². The van der Waals surface area contributed by atoms with Crippen molar-refractivity contribution < 1.29 is 4.79 Å². The highest BCUT2D eigenvalue weighted by Gasteiger charge is 2.25. The number of carbonyl (C=O) groups excluding carboxylic acids is 1. The molecule has 0 fully saturated rings. The van der Waals surface area contributed by atoms with Gasteiger partial charge in [-0.05, 0) is 25.2 Å². The summed E-state index contributed by atoms with van der Waals surface area (Å²) in [6, 6.07) is 1.81. The molecule has 1 amide bonds. The molecule has 2 nitrogen and oxygen atoms in total. The Bertz CT molecular complexity index is 363. The average Bonchev–Trinajstić information content (AvgIpc) is 2.78. The first-order valence-corrected chi connectivity index (χ1v) is 8.23. The first-order valence-electron chi connectivity index (χ1n) is 5.67. The highest BCUT2D eigenvalue weighted by atomic mass is 32.2. The quantitative estimate of drug-likeness (QED) is 0.782. The molecule has 0 aromatic carbocycles. The normalized spacial score (nSPS) is 11.5. The number of nitrogens with one attached hydrogen (secondary N) is 1. The topological polar surface area (TPSA) is 29.1 Å². The van der Waals surface area contributed by atoms with Gasteiger partial charge in [-0.25, -0.2) is 0 Å². The van der Waals surface area contributed by atoms with Crippen molar-refractivity contribution in [3.05, 3.63) is 16.3 Å². The van der Waals surface area contributed by atoms with Crippen molar-refractivity contribution in [2.75, 3.05) is 12.8 Å². The second-order valence-corrected chi connectivity index (χ2v) is 6.65. The van der Waals surface area contributed by atoms with Gasteiger partial charge in [-0.15, -0.1) is 24.0 Å². The smallest absolute Gasteiger partial charge is 0.261 e. The van der Waals surface area contributed by atoms with Crippen molar-refractivity contribution in [2.45, 2.75) is 36.3 Å². The molecule has 0 atom stereocenters. The van der Waals surface area contributed by atoms with Crippen LogP contribution < -0.4 is 5.32 Å². The van der Waals surface area contributed by atoms with Crippen LogP contribution in [0.2, 0.25) is 0 Å². The predicted octanol–water partition coefficient (Wildman–Crippen LogP) is 3.69. The van der Waals surface area contributed by atoms with Crippen LogP contribution in [-0.4, -0.2) is 23.5 Å². The summed E-state index contributed by atoms with van der Waals surface area (Å²) in [7, 11) is 0. The van der Waals surface area contributed by atoms with Crippen molar-refractivity contribution >= 4 is 41.6 Å². The Morgan fingerprint density at radius 3 is 2.59 bits per heavy atom. The van der Waals surface area contributed by atoms with E-state index in [4.69, 9.17) is 0 Å². The minimum atomic E-state index is 0.00984. The van der Waals surface area contributed by atoms with Gasteiger partial charge in [-0.3, -0.25) is 4.79 Å². The van der Waals surface area contributed by atoms with Crippen molar-refractivity contribution in [3.8, 4) is 0 Å². The van der Waals surface area contributed by atoms with E-state index in [9.17, 15) is 4.79 Å². The molecule has 96 valence electrons. The molecule has 5 heteroatoms. The molecular weight excluding hydrogens is 270 g/mol. The minimum absolute atomic E-state index is 0.00984. The van der Waals surface area contributed by atoms with E-state index in [0.717, 1.165) is 29.2 Å². The highest BCUT2D eigenvalue weighted by molar-refractivity contribution is 8.00. The molecule has 0 spiro atoms. The molecule has 1 heterocycles. The van der Waals surface area contributed by atoms with Crippen molar-refractivity contribution in [1.82, 2.24) is 5.32 Å². The number of amides is 1. The van der Waals surface area contributed by atoms with Gasteiger partial charge in [0.05, 0.1) is 4.88 Å². The molecule has 0 saturated heterocycles. The number of carbonyl (C=O) groups is 1. The lowest BCUT2D eigenvalue weighted by Crippen LogP contribution is -2.39. The first kappa shape index (κ1) is 14.9. The lowest BCUT2D eigenvalue weighted by atomic mass is 10.0. The summed E-state index contributed by atoms with van der Waals surface area (Å²) in [5, 5.41) is 4.90. The zero-order valence-corrected chi connectivity index (χ0v) is 13.0. The molecule has 0 aliphatic carbocycles. The van der Waals surface area contributed by atoms with Gasteiger partial charge in [-0.1, -0.05) is 13.8 Å². The molecular formula is C12H19NOS3. The molecule has 1 N–H and O–H groups in total. The summed E-state index contributed by atoms with van der Waals surface area (Å²) in [4.78, 5) is 13.5. The van der Waals surface area contributed by atoms with Crippen molar-refractivity contribution in [3.63, 3.8) is 0 Å². The van der Waals surface area contributed by atoms with E-state index < -0.39 is 0 Å². The number of hydrogen-bond acceptors (Lipinski definition) is 4. The zero-order valence-electron chi connectivity index (χ0n) is 10.4. The Hall–Kier alpha value is -0.130. The number of thiophene rings is 1. The molecule has 0 aliphatic heterocycles. The summed E-state index contributed by atoms with van der Waals surface area (Å²) < 4.78 is 0.163. The molecule has 1 rings (SSSR count). The number of thioether (sulfide) groups is 1. The van der Waals surface area contributed by atoms with E-state index in [2.05, 4.69) is 38.0 Å². The van der Waals surface area contributed by atoms with Crippen LogP contribution in [0.5, 0.6) is 0 Å². The van der Waals surface area contributed by atoms with Crippen molar-refractivity contribution in [1.29, 1.82) is 0 Å². The van der Waals surface area contributed by atoms with Crippen LogP contribution in [0.4, 0.5) is 0 Å². The lowest BCUT2D eigenvalue weighted by Gasteiger charge is -2.29. The largest absolute Gasteiger partial charge is 0.350 e. The first-order chi connectivity index (χ1) is 8.06. The maximum Gasteiger partial charge on any atom is 0.261 e. The molecule has 0 saturated carbocycles. The van der Waals surface area contributed by atoms with E-state index in [1.54, 1.807) is 0 Å². The highest BCUT2D eigenvalue weighted by Crippen LogP contribution is 2.29. The summed E-state index contributed by atoms with van der Waals surface area (Å²) in [6.45, 7) is 5.06. The second-order valence-electron chi connectivity index (χ2n) is 3.95. The lowest BCUT2D eigenvalue weighted by molar-refractivity contribution is 0.0953. The van der Waals surface area contributed by atoms with E-state index in [-0.39, 0.29) is 10.7 Å². The molecule has 0 bridgehead atoms. The molecule has 0 radical (unpaired) electrons. The molecule has 0 unspecified atom stereocenters. The Morgan fingerprint density at radius 1 is 1.53 bits per heavy atom. The second kappa shape index (κ2) is 6.71. The van der Waals surface area contributed by atoms with Crippen LogP contribution >= 0.6 is 35.7 Å². The van der Waals surface area contributed by atoms with Crippen LogP contribution in [0.3, 0.4) is 0 Å². The molecule has 0 aliphatic rings. The number of thiol groups is 1. The zero-order chi connectivity index (χ0) is 12.9. The van der Waals surface area contributed by atoms with E-state index in [1.807, 2.05) is 23.2 Å². The van der Waals surface area contributed by atoms with E-state index >= 15 is 0 Å². The van der Waals surface area contributed by atoms with Crippen molar-refractivity contribution in [2.24, 2.45) is 0 Å². The monoisotopic (exact) mass is 289 g/mol.